The van der Waals surface area contributed by atoms with Crippen LogP contribution in [0, 0.1) is 11.3 Å². The van der Waals surface area contributed by atoms with Crippen molar-refractivity contribution < 1.29 is 14.1 Å². The molecule has 7 heteroatoms. The van der Waals surface area contributed by atoms with Crippen molar-refractivity contribution in [1.29, 1.82) is 5.26 Å². The van der Waals surface area contributed by atoms with Gasteiger partial charge in [-0.3, -0.25) is 4.79 Å². The third-order valence-corrected chi connectivity index (χ3v) is 6.70. The summed E-state index contributed by atoms with van der Waals surface area (Å²) in [6.07, 6.45) is 5.46. The lowest BCUT2D eigenvalue weighted by atomic mass is 10.1. The summed E-state index contributed by atoms with van der Waals surface area (Å²) < 4.78 is 5.49. The Balaban J connectivity index is 1.11. The van der Waals surface area contributed by atoms with Crippen LogP contribution in [0.3, 0.4) is 0 Å². The quantitative estimate of drug-likeness (QED) is 0.383. The summed E-state index contributed by atoms with van der Waals surface area (Å²) in [4.78, 5) is 18.7. The number of fused-ring (bicyclic) bond motifs is 2. The van der Waals surface area contributed by atoms with Crippen LogP contribution in [0.4, 0.5) is 5.69 Å². The lowest BCUT2D eigenvalue weighted by molar-refractivity contribution is -0.900. The number of aryl methyl sites for hydroxylation is 1. The fraction of sp³-hybridized carbons (Fsp3) is 0.308. The molecule has 0 saturated carbocycles. The summed E-state index contributed by atoms with van der Waals surface area (Å²) in [6, 6.07) is 15.8. The number of nitrogens with two attached hydrogens (primary N) is 1. The molecule has 3 heterocycles. The van der Waals surface area contributed by atoms with E-state index in [2.05, 4.69) is 34.3 Å². The molecule has 2 aromatic heterocycles. The van der Waals surface area contributed by atoms with E-state index in [1.165, 1.54) is 23.9 Å². The third kappa shape index (κ3) is 4.43. The van der Waals surface area contributed by atoms with Gasteiger partial charge < -0.3 is 24.9 Å². The summed E-state index contributed by atoms with van der Waals surface area (Å²) in [5, 5.41) is 11.2. The van der Waals surface area contributed by atoms with Crippen molar-refractivity contribution in [2.45, 2.75) is 19.3 Å². The maximum atomic E-state index is 11.4. The number of benzene rings is 2. The molecule has 0 atom stereocenters. The summed E-state index contributed by atoms with van der Waals surface area (Å²) in [5.74, 6) is -0.337. The highest BCUT2D eigenvalue weighted by Crippen LogP contribution is 2.25. The molecule has 0 aliphatic carbocycles. The summed E-state index contributed by atoms with van der Waals surface area (Å²) >= 11 is 0. The van der Waals surface area contributed by atoms with E-state index in [0.29, 0.717) is 11.1 Å². The number of primary amides is 1. The number of aromatic amines is 1. The van der Waals surface area contributed by atoms with Crippen LogP contribution in [0.1, 0.15) is 34.5 Å². The number of furan rings is 1. The molecule has 4 aromatic rings. The lowest BCUT2D eigenvalue weighted by Crippen LogP contribution is -3.14. The monoisotopic (exact) mass is 442 g/mol. The van der Waals surface area contributed by atoms with E-state index in [-0.39, 0.29) is 5.76 Å². The minimum Gasteiger partial charge on any atom is -0.451 e. The number of nitrogens with one attached hydrogen (secondary N) is 2. The summed E-state index contributed by atoms with van der Waals surface area (Å²) in [7, 11) is 0. The van der Waals surface area contributed by atoms with Crippen LogP contribution in [0.25, 0.3) is 21.9 Å². The molecular formula is C26H28N5O2+. The molecule has 1 fully saturated rings. The number of rotatable bonds is 7. The standard InChI is InChI=1S/C26H27N5O2/c27-16-18-4-6-23-22(13-18)19(17-29-23)3-1-2-8-30-9-11-31(12-10-30)21-5-7-24-20(14-21)15-25(33-24)26(28)32/h4-7,13-15,17,29H,1-3,8-12H2,(H2,28,32)/p+1. The molecule has 1 amide bonds. The van der Waals surface area contributed by atoms with Crippen molar-refractivity contribution in [3.63, 3.8) is 0 Å². The first-order valence-electron chi connectivity index (χ1n) is 11.5. The van der Waals surface area contributed by atoms with Gasteiger partial charge >= 0.3 is 0 Å². The van der Waals surface area contributed by atoms with Gasteiger partial charge in [-0.25, -0.2) is 0 Å². The molecular weight excluding hydrogens is 414 g/mol. The number of quaternary nitrogens is 1. The highest BCUT2D eigenvalue weighted by atomic mass is 16.3. The molecule has 1 saturated heterocycles. The van der Waals surface area contributed by atoms with Crippen LogP contribution in [0.5, 0.6) is 0 Å². The van der Waals surface area contributed by atoms with Gasteiger partial charge in [0.05, 0.1) is 44.4 Å². The van der Waals surface area contributed by atoms with Gasteiger partial charge in [0.2, 0.25) is 0 Å². The number of aromatic nitrogens is 1. The van der Waals surface area contributed by atoms with Crippen LogP contribution >= 0.6 is 0 Å². The second-order valence-corrected chi connectivity index (χ2v) is 8.83. The number of carbonyl (C=O) groups is 1. The molecule has 168 valence electrons. The van der Waals surface area contributed by atoms with Crippen molar-refractivity contribution in [2.24, 2.45) is 5.73 Å². The Morgan fingerprint density at radius 1 is 1.15 bits per heavy atom. The van der Waals surface area contributed by atoms with E-state index in [0.717, 1.165) is 55.6 Å². The van der Waals surface area contributed by atoms with Gasteiger partial charge in [-0.05, 0) is 67.3 Å². The Bertz CT molecular complexity index is 1340. The number of unbranched alkanes of at least 4 members (excludes halogenated alkanes) is 1. The largest absolute Gasteiger partial charge is 0.451 e. The van der Waals surface area contributed by atoms with Crippen LogP contribution in [-0.4, -0.2) is 43.6 Å². The Labute approximate surface area is 192 Å². The number of H-pyrrole nitrogens is 1. The number of hydrogen-bond donors (Lipinski definition) is 3. The molecule has 7 nitrogen and oxygen atoms in total. The zero-order valence-corrected chi connectivity index (χ0v) is 18.6. The summed E-state index contributed by atoms with van der Waals surface area (Å²) in [5.41, 5.74) is 10.3. The molecule has 1 aliphatic heterocycles. The first kappa shape index (κ1) is 21.1. The van der Waals surface area contributed by atoms with E-state index in [1.807, 2.05) is 24.3 Å². The Morgan fingerprint density at radius 3 is 2.79 bits per heavy atom. The predicted octanol–water partition coefficient (Wildman–Crippen LogP) is 2.61. The van der Waals surface area contributed by atoms with Crippen LogP contribution in [-0.2, 0) is 6.42 Å². The Kier molecular flexibility index (Phi) is 5.76. The third-order valence-electron chi connectivity index (χ3n) is 6.70. The van der Waals surface area contributed by atoms with Gasteiger partial charge in [-0.2, -0.15) is 5.26 Å². The molecule has 33 heavy (non-hydrogen) atoms. The van der Waals surface area contributed by atoms with Crippen molar-refractivity contribution in [3.05, 3.63) is 65.5 Å². The first-order valence-corrected chi connectivity index (χ1v) is 11.5. The van der Waals surface area contributed by atoms with E-state index >= 15 is 0 Å². The number of carbonyl (C=O) groups excluding carboxylic acids is 1. The molecule has 0 bridgehead atoms. The van der Waals surface area contributed by atoms with Gasteiger partial charge in [-0.15, -0.1) is 0 Å². The fourth-order valence-electron chi connectivity index (χ4n) is 4.83. The van der Waals surface area contributed by atoms with Crippen LogP contribution in [0.2, 0.25) is 0 Å². The van der Waals surface area contributed by atoms with Gasteiger partial charge in [-0.1, -0.05) is 0 Å². The maximum absolute atomic E-state index is 11.4. The predicted molar refractivity (Wildman–Crippen MR) is 128 cm³/mol. The number of nitriles is 1. The zero-order chi connectivity index (χ0) is 22.8. The lowest BCUT2D eigenvalue weighted by Gasteiger charge is -2.33. The zero-order valence-electron chi connectivity index (χ0n) is 18.6. The fourth-order valence-corrected chi connectivity index (χ4v) is 4.83. The molecule has 4 N–H and O–H groups in total. The average Bonchev–Trinajstić information content (AvgIpc) is 3.45. The smallest absolute Gasteiger partial charge is 0.284 e. The van der Waals surface area contributed by atoms with E-state index < -0.39 is 5.91 Å². The topological polar surface area (TPSA) is 103 Å². The van der Waals surface area contributed by atoms with Crippen molar-refractivity contribution in [3.8, 4) is 6.07 Å². The number of amides is 1. The van der Waals surface area contributed by atoms with Crippen LogP contribution in [0.15, 0.2) is 53.1 Å². The Hall–Kier alpha value is -3.76. The molecule has 0 unspecified atom stereocenters. The van der Waals surface area contributed by atoms with Gasteiger partial charge in [0.15, 0.2) is 5.76 Å². The first-order chi connectivity index (χ1) is 16.1. The number of anilines is 1. The molecule has 0 spiro atoms. The highest BCUT2D eigenvalue weighted by molar-refractivity contribution is 5.95. The SMILES string of the molecule is N#Cc1ccc2[nH]cc(CCCC[NH+]3CCN(c4ccc5oc(C(N)=O)cc5c4)CC3)c2c1. The van der Waals surface area contributed by atoms with Crippen LogP contribution < -0.4 is 15.5 Å². The molecule has 5 rings (SSSR count). The van der Waals surface area contributed by atoms with Gasteiger partial charge in [0.1, 0.15) is 5.58 Å². The normalized spacial score (nSPS) is 14.7. The van der Waals surface area contributed by atoms with E-state index in [1.54, 1.807) is 11.0 Å². The highest BCUT2D eigenvalue weighted by Gasteiger charge is 2.20. The van der Waals surface area contributed by atoms with E-state index in [4.69, 9.17) is 15.4 Å². The second kappa shape index (κ2) is 9.00. The van der Waals surface area contributed by atoms with Gasteiger partial charge in [0, 0.05) is 28.2 Å². The molecule has 2 aromatic carbocycles. The van der Waals surface area contributed by atoms with Crippen molar-refractivity contribution >= 4 is 33.5 Å². The minimum atomic E-state index is -0.540. The average molecular weight is 443 g/mol. The number of piperazine rings is 1. The van der Waals surface area contributed by atoms with Crippen molar-refractivity contribution in [2.75, 3.05) is 37.6 Å². The number of hydrogen-bond acceptors (Lipinski definition) is 4. The molecule has 1 aliphatic rings. The second-order valence-electron chi connectivity index (χ2n) is 8.83. The molecule has 0 radical (unpaired) electrons. The van der Waals surface area contributed by atoms with Gasteiger partial charge in [0.25, 0.3) is 5.91 Å². The number of nitrogens with zero attached hydrogens (tertiary/aromatic N) is 2. The maximum Gasteiger partial charge on any atom is 0.284 e. The Morgan fingerprint density at radius 2 is 2.00 bits per heavy atom. The minimum absolute atomic E-state index is 0.203. The van der Waals surface area contributed by atoms with Crippen molar-refractivity contribution in [1.82, 2.24) is 4.98 Å². The summed E-state index contributed by atoms with van der Waals surface area (Å²) in [6.45, 7) is 5.45. The van der Waals surface area contributed by atoms with E-state index in [9.17, 15) is 4.79 Å².